The number of amides is 1. The number of likely N-dealkylation sites (N-methyl/N-ethyl adjacent to an activating group) is 1. The second-order valence-corrected chi connectivity index (χ2v) is 13.1. The minimum absolute atomic E-state index is 0.0343. The van der Waals surface area contributed by atoms with Gasteiger partial charge in [0.1, 0.15) is 17.6 Å². The van der Waals surface area contributed by atoms with Crippen LogP contribution in [0.3, 0.4) is 0 Å². The lowest BCUT2D eigenvalue weighted by Crippen LogP contribution is -2.47. The van der Waals surface area contributed by atoms with Crippen molar-refractivity contribution in [3.05, 3.63) is 83.4 Å². The molecule has 1 aliphatic rings. The Morgan fingerprint density at radius 3 is 2.38 bits per heavy atom. The molecule has 4 rings (SSSR count). The average Bonchev–Trinajstić information content (AvgIpc) is 3.03. The maximum Gasteiger partial charge on any atom is 0.416 e. The molecular weight excluding hydrogens is 611 g/mol. The lowest BCUT2D eigenvalue weighted by atomic mass is 10.0. The summed E-state index contributed by atoms with van der Waals surface area (Å²) in [5, 5.41) is 9.89. The summed E-state index contributed by atoms with van der Waals surface area (Å²) in [5.41, 5.74) is 0.689. The Bertz CT molecular complexity index is 1570. The number of rotatable bonds is 10. The molecule has 13 heteroatoms. The van der Waals surface area contributed by atoms with Crippen LogP contribution in [0.4, 0.5) is 18.9 Å². The van der Waals surface area contributed by atoms with Crippen molar-refractivity contribution in [1.82, 2.24) is 9.80 Å². The Balaban J connectivity index is 1.59. The number of halogens is 3. The first kappa shape index (κ1) is 34.1. The van der Waals surface area contributed by atoms with Crippen LogP contribution >= 0.6 is 0 Å². The van der Waals surface area contributed by atoms with Gasteiger partial charge in [-0.25, -0.2) is 8.42 Å². The number of carbonyl (C=O) groups is 1. The van der Waals surface area contributed by atoms with Crippen LogP contribution in [0, 0.1) is 5.92 Å². The van der Waals surface area contributed by atoms with Crippen molar-refractivity contribution in [2.45, 2.75) is 50.0 Å². The van der Waals surface area contributed by atoms with Gasteiger partial charge in [0, 0.05) is 36.8 Å². The fourth-order valence-corrected chi connectivity index (χ4v) is 6.21. The van der Waals surface area contributed by atoms with Crippen LogP contribution in [-0.2, 0) is 34.0 Å². The summed E-state index contributed by atoms with van der Waals surface area (Å²) < 4.78 is 79.3. The van der Waals surface area contributed by atoms with E-state index in [2.05, 4.69) is 4.72 Å². The first-order valence-corrected chi connectivity index (χ1v) is 15.9. The summed E-state index contributed by atoms with van der Waals surface area (Å²) in [4.78, 5) is 17.1. The predicted octanol–water partition coefficient (Wildman–Crippen LogP) is 4.80. The number of carbonyl (C=O) groups excluding carboxylic acids is 1. The zero-order chi connectivity index (χ0) is 32.9. The molecule has 0 radical (unpaired) electrons. The molecule has 244 valence electrons. The van der Waals surface area contributed by atoms with Crippen LogP contribution in [0.2, 0.25) is 0 Å². The molecule has 0 fully saturated rings. The largest absolute Gasteiger partial charge is 0.497 e. The standard InChI is InChI=1S/C32H38F3N3O6S/c1-21-17-38(22(2)20-39)31(40)16-24-15-26(36-45(41,42)28-12-10-27(43-4)11-13-28)9-14-29(24)44-30(21)19-37(3)18-23-5-7-25(8-6-23)32(33,34)35/h5-15,21-22,30,36,39H,16-20H2,1-4H3/t21-,22+,30+/m1/s1. The molecule has 0 saturated heterocycles. The molecule has 45 heavy (non-hydrogen) atoms. The topological polar surface area (TPSA) is 108 Å². The number of methoxy groups -OCH3 is 1. The molecule has 0 spiro atoms. The molecule has 1 aliphatic heterocycles. The number of anilines is 1. The maximum absolute atomic E-state index is 13.5. The molecule has 1 heterocycles. The number of alkyl halides is 3. The smallest absolute Gasteiger partial charge is 0.416 e. The second-order valence-electron chi connectivity index (χ2n) is 11.4. The van der Waals surface area contributed by atoms with E-state index < -0.39 is 33.9 Å². The normalized spacial score (nSPS) is 18.3. The summed E-state index contributed by atoms with van der Waals surface area (Å²) in [6.07, 6.45) is -4.95. The first-order valence-electron chi connectivity index (χ1n) is 14.4. The van der Waals surface area contributed by atoms with Gasteiger partial charge in [-0.1, -0.05) is 19.1 Å². The molecule has 3 atom stereocenters. The van der Waals surface area contributed by atoms with Crippen LogP contribution in [0.25, 0.3) is 0 Å². The highest BCUT2D eigenvalue weighted by Gasteiger charge is 2.32. The number of hydrogen-bond acceptors (Lipinski definition) is 7. The third kappa shape index (κ3) is 8.68. The van der Waals surface area contributed by atoms with Crippen molar-refractivity contribution in [3.8, 4) is 11.5 Å². The minimum Gasteiger partial charge on any atom is -0.497 e. The van der Waals surface area contributed by atoms with Gasteiger partial charge in [-0.05, 0) is 74.1 Å². The van der Waals surface area contributed by atoms with Gasteiger partial charge >= 0.3 is 6.18 Å². The summed E-state index contributed by atoms with van der Waals surface area (Å²) >= 11 is 0. The Morgan fingerprint density at radius 2 is 1.78 bits per heavy atom. The third-order valence-electron chi connectivity index (χ3n) is 7.76. The van der Waals surface area contributed by atoms with Crippen LogP contribution < -0.4 is 14.2 Å². The minimum atomic E-state index is -4.41. The maximum atomic E-state index is 13.5. The number of ether oxygens (including phenoxy) is 2. The van der Waals surface area contributed by atoms with Crippen molar-refractivity contribution in [2.75, 3.05) is 38.6 Å². The summed E-state index contributed by atoms with van der Waals surface area (Å²) in [6.45, 7) is 4.47. The van der Waals surface area contributed by atoms with Crippen LogP contribution in [0.1, 0.15) is 30.5 Å². The Hall–Kier alpha value is -3.81. The van der Waals surface area contributed by atoms with Gasteiger partial charge in [-0.2, -0.15) is 13.2 Å². The number of nitrogens with one attached hydrogen (secondary N) is 1. The second kappa shape index (κ2) is 14.1. The molecular formula is C32H38F3N3O6S. The highest BCUT2D eigenvalue weighted by atomic mass is 32.2. The average molecular weight is 650 g/mol. The number of benzene rings is 3. The lowest BCUT2D eigenvalue weighted by molar-refractivity contribution is -0.137. The van der Waals surface area contributed by atoms with Gasteiger partial charge in [-0.3, -0.25) is 14.4 Å². The van der Waals surface area contributed by atoms with E-state index in [1.54, 1.807) is 30.0 Å². The molecule has 3 aromatic carbocycles. The SMILES string of the molecule is COc1ccc(S(=O)(=O)Nc2ccc3c(c2)CC(=O)N([C@@H](C)CO)C[C@@H](C)[C@H](CN(C)Cc2ccc(C(F)(F)F)cc2)O3)cc1. The van der Waals surface area contributed by atoms with E-state index >= 15 is 0 Å². The van der Waals surface area contributed by atoms with Crippen molar-refractivity contribution in [1.29, 1.82) is 0 Å². The molecule has 0 aliphatic carbocycles. The van der Waals surface area contributed by atoms with Crippen molar-refractivity contribution in [2.24, 2.45) is 5.92 Å². The third-order valence-corrected chi connectivity index (χ3v) is 9.16. The van der Waals surface area contributed by atoms with Gasteiger partial charge < -0.3 is 19.5 Å². The highest BCUT2D eigenvalue weighted by molar-refractivity contribution is 7.92. The first-order chi connectivity index (χ1) is 21.2. The summed E-state index contributed by atoms with van der Waals surface area (Å²) in [7, 11) is -0.637. The monoisotopic (exact) mass is 649 g/mol. The molecule has 0 unspecified atom stereocenters. The summed E-state index contributed by atoms with van der Waals surface area (Å²) in [6, 6.07) is 15.2. The van der Waals surface area contributed by atoms with E-state index in [0.717, 1.165) is 12.1 Å². The zero-order valence-corrected chi connectivity index (χ0v) is 26.4. The van der Waals surface area contributed by atoms with Crippen LogP contribution in [0.15, 0.2) is 71.6 Å². The molecule has 0 saturated carbocycles. The molecule has 2 N–H and O–H groups in total. The molecule has 0 aromatic heterocycles. The van der Waals surface area contributed by atoms with E-state index in [-0.39, 0.29) is 35.4 Å². The molecule has 3 aromatic rings. The number of aliphatic hydroxyl groups is 1. The van der Waals surface area contributed by atoms with Crippen LogP contribution in [0.5, 0.6) is 11.5 Å². The van der Waals surface area contributed by atoms with Gasteiger partial charge in [-0.15, -0.1) is 0 Å². The Labute approximate surface area is 261 Å². The fourth-order valence-electron chi connectivity index (χ4n) is 5.16. The van der Waals surface area contributed by atoms with Crippen LogP contribution in [-0.4, -0.2) is 75.2 Å². The van der Waals surface area contributed by atoms with E-state index in [1.807, 2.05) is 18.9 Å². The molecule has 9 nitrogen and oxygen atoms in total. The van der Waals surface area contributed by atoms with E-state index in [4.69, 9.17) is 9.47 Å². The molecule has 1 amide bonds. The lowest BCUT2D eigenvalue weighted by Gasteiger charge is -2.34. The van der Waals surface area contributed by atoms with Gasteiger partial charge in [0.05, 0.1) is 36.6 Å². The number of nitrogens with zero attached hydrogens (tertiary/aromatic N) is 2. The van der Waals surface area contributed by atoms with Gasteiger partial charge in [0.15, 0.2) is 0 Å². The number of fused-ring (bicyclic) bond motifs is 1. The van der Waals surface area contributed by atoms with E-state index in [1.165, 1.54) is 43.5 Å². The van der Waals surface area contributed by atoms with Crippen molar-refractivity contribution in [3.63, 3.8) is 0 Å². The van der Waals surface area contributed by atoms with E-state index in [0.29, 0.717) is 42.3 Å². The predicted molar refractivity (Wildman–Crippen MR) is 164 cm³/mol. The molecule has 0 bridgehead atoms. The van der Waals surface area contributed by atoms with Crippen molar-refractivity contribution >= 4 is 21.6 Å². The number of aliphatic hydroxyl groups excluding tert-OH is 1. The highest BCUT2D eigenvalue weighted by Crippen LogP contribution is 2.31. The number of hydrogen-bond donors (Lipinski definition) is 2. The Morgan fingerprint density at radius 1 is 1.11 bits per heavy atom. The quantitative estimate of drug-likeness (QED) is 0.325. The van der Waals surface area contributed by atoms with Gasteiger partial charge in [0.2, 0.25) is 5.91 Å². The fraction of sp³-hybridized carbons (Fsp3) is 0.406. The van der Waals surface area contributed by atoms with Crippen molar-refractivity contribution < 1.29 is 41.0 Å². The number of sulfonamides is 1. The van der Waals surface area contributed by atoms with Gasteiger partial charge in [0.25, 0.3) is 10.0 Å². The Kier molecular flexibility index (Phi) is 10.7. The zero-order valence-electron chi connectivity index (χ0n) is 25.5. The summed E-state index contributed by atoms with van der Waals surface area (Å²) in [5.74, 6) is 0.477. The van der Waals surface area contributed by atoms with E-state index in [9.17, 15) is 31.5 Å².